The lowest BCUT2D eigenvalue weighted by atomic mass is 10.0. The SMILES string of the molecule is CS(=O)(=O)Nc1ccc(-c2ccnc3[nH]c(CC(=O)NCC(=O)O)cc23)cc1. The van der Waals surface area contributed by atoms with E-state index < -0.39 is 28.4 Å². The summed E-state index contributed by atoms with van der Waals surface area (Å²) < 4.78 is 25.0. The van der Waals surface area contributed by atoms with Crippen LogP contribution in [0.1, 0.15) is 5.69 Å². The molecule has 2 aromatic heterocycles. The van der Waals surface area contributed by atoms with Crippen LogP contribution in [0.15, 0.2) is 42.6 Å². The van der Waals surface area contributed by atoms with Crippen LogP contribution in [-0.4, -0.2) is 48.2 Å². The molecular weight excluding hydrogens is 384 g/mol. The molecule has 0 aliphatic carbocycles. The van der Waals surface area contributed by atoms with Gasteiger partial charge in [0.05, 0.1) is 12.7 Å². The van der Waals surface area contributed by atoms with E-state index >= 15 is 0 Å². The molecule has 0 fully saturated rings. The molecule has 0 bridgehead atoms. The highest BCUT2D eigenvalue weighted by Gasteiger charge is 2.12. The lowest BCUT2D eigenvalue weighted by Gasteiger charge is -2.06. The van der Waals surface area contributed by atoms with Gasteiger partial charge in [-0.25, -0.2) is 13.4 Å². The number of hydrogen-bond donors (Lipinski definition) is 4. The molecule has 0 atom stereocenters. The van der Waals surface area contributed by atoms with E-state index in [4.69, 9.17) is 5.11 Å². The zero-order valence-corrected chi connectivity index (χ0v) is 15.7. The molecule has 0 aliphatic rings. The normalized spacial score (nSPS) is 11.3. The van der Waals surface area contributed by atoms with Gasteiger partial charge in [0.25, 0.3) is 0 Å². The zero-order valence-electron chi connectivity index (χ0n) is 14.9. The Kier molecular flexibility index (Phi) is 5.32. The Morgan fingerprint density at radius 3 is 2.54 bits per heavy atom. The summed E-state index contributed by atoms with van der Waals surface area (Å²) in [5.74, 6) is -1.52. The molecule has 0 aliphatic heterocycles. The molecule has 146 valence electrons. The number of anilines is 1. The number of pyridine rings is 1. The van der Waals surface area contributed by atoms with E-state index in [1.165, 1.54) is 0 Å². The third-order valence-corrected chi connectivity index (χ3v) is 4.48. The molecule has 3 rings (SSSR count). The summed E-state index contributed by atoms with van der Waals surface area (Å²) in [4.78, 5) is 29.7. The van der Waals surface area contributed by atoms with E-state index in [2.05, 4.69) is 20.0 Å². The van der Waals surface area contributed by atoms with E-state index in [1.807, 2.05) is 6.07 Å². The van der Waals surface area contributed by atoms with E-state index in [9.17, 15) is 18.0 Å². The minimum Gasteiger partial charge on any atom is -0.480 e. The molecule has 28 heavy (non-hydrogen) atoms. The van der Waals surface area contributed by atoms with Gasteiger partial charge in [0.15, 0.2) is 0 Å². The highest BCUT2D eigenvalue weighted by molar-refractivity contribution is 7.92. The third-order valence-electron chi connectivity index (χ3n) is 3.87. The van der Waals surface area contributed by atoms with Crippen molar-refractivity contribution in [2.45, 2.75) is 6.42 Å². The molecule has 2 heterocycles. The maximum atomic E-state index is 11.8. The van der Waals surface area contributed by atoms with Gasteiger partial charge in [-0.3, -0.25) is 14.3 Å². The number of rotatable bonds is 7. The maximum absolute atomic E-state index is 11.8. The zero-order chi connectivity index (χ0) is 20.3. The Bertz CT molecular complexity index is 1140. The average molecular weight is 402 g/mol. The van der Waals surface area contributed by atoms with Crippen LogP contribution < -0.4 is 10.0 Å². The first-order chi connectivity index (χ1) is 13.2. The standard InChI is InChI=1S/C18H18N4O5S/c1-28(26,27)22-12-4-2-11(3-5-12)14-6-7-19-18-15(14)8-13(21-18)9-16(23)20-10-17(24)25/h2-8,22H,9-10H2,1H3,(H,19,21)(H,20,23)(H,24,25). The maximum Gasteiger partial charge on any atom is 0.322 e. The van der Waals surface area contributed by atoms with Crippen molar-refractivity contribution in [3.63, 3.8) is 0 Å². The van der Waals surface area contributed by atoms with Crippen LogP contribution in [0.25, 0.3) is 22.2 Å². The number of carboxylic acids is 1. The van der Waals surface area contributed by atoms with Crippen molar-refractivity contribution in [3.8, 4) is 11.1 Å². The highest BCUT2D eigenvalue weighted by atomic mass is 32.2. The number of aromatic nitrogens is 2. The van der Waals surface area contributed by atoms with Crippen LogP contribution >= 0.6 is 0 Å². The van der Waals surface area contributed by atoms with Crippen molar-refractivity contribution in [2.75, 3.05) is 17.5 Å². The Morgan fingerprint density at radius 2 is 1.89 bits per heavy atom. The van der Waals surface area contributed by atoms with E-state index in [0.29, 0.717) is 17.0 Å². The van der Waals surface area contributed by atoms with Gasteiger partial charge < -0.3 is 15.4 Å². The number of carboxylic acid groups (broad SMARTS) is 1. The molecule has 0 saturated heterocycles. The van der Waals surface area contributed by atoms with Gasteiger partial charge in [0.1, 0.15) is 12.2 Å². The van der Waals surface area contributed by atoms with Crippen molar-refractivity contribution >= 4 is 38.6 Å². The predicted octanol–water partition coefficient (Wildman–Crippen LogP) is 1.34. The summed E-state index contributed by atoms with van der Waals surface area (Å²) >= 11 is 0. The van der Waals surface area contributed by atoms with Gasteiger partial charge in [0.2, 0.25) is 15.9 Å². The van der Waals surface area contributed by atoms with Crippen molar-refractivity contribution in [1.82, 2.24) is 15.3 Å². The number of aromatic amines is 1. The van der Waals surface area contributed by atoms with Crippen LogP contribution in [0, 0.1) is 0 Å². The first kappa shape index (κ1) is 19.4. The average Bonchev–Trinajstić information content (AvgIpc) is 3.01. The van der Waals surface area contributed by atoms with Gasteiger partial charge in [-0.1, -0.05) is 12.1 Å². The van der Waals surface area contributed by atoms with E-state index in [0.717, 1.165) is 22.8 Å². The second kappa shape index (κ2) is 7.69. The second-order valence-electron chi connectivity index (χ2n) is 6.21. The van der Waals surface area contributed by atoms with Crippen molar-refractivity contribution in [2.24, 2.45) is 0 Å². The van der Waals surface area contributed by atoms with Crippen LogP contribution in [0.2, 0.25) is 0 Å². The fourth-order valence-corrected chi connectivity index (χ4v) is 3.33. The first-order valence-electron chi connectivity index (χ1n) is 8.24. The van der Waals surface area contributed by atoms with Gasteiger partial charge in [0, 0.05) is 23.0 Å². The summed E-state index contributed by atoms with van der Waals surface area (Å²) in [7, 11) is -3.35. The molecule has 1 amide bonds. The summed E-state index contributed by atoms with van der Waals surface area (Å²) in [5, 5.41) is 11.7. The minimum atomic E-state index is -3.35. The molecule has 0 saturated carbocycles. The number of H-pyrrole nitrogens is 1. The number of nitrogens with zero attached hydrogens (tertiary/aromatic N) is 1. The third kappa shape index (κ3) is 4.86. The molecule has 4 N–H and O–H groups in total. The number of benzene rings is 1. The summed E-state index contributed by atoms with van der Waals surface area (Å²) in [6, 6.07) is 10.5. The van der Waals surface area contributed by atoms with E-state index in [-0.39, 0.29) is 6.42 Å². The molecule has 10 heteroatoms. The molecule has 0 spiro atoms. The Balaban J connectivity index is 1.85. The molecule has 1 aromatic carbocycles. The summed E-state index contributed by atoms with van der Waals surface area (Å²) in [6.07, 6.45) is 2.71. The van der Waals surface area contributed by atoms with Crippen LogP contribution in [0.3, 0.4) is 0 Å². The number of nitrogens with one attached hydrogen (secondary N) is 3. The minimum absolute atomic E-state index is 0.000295. The summed E-state index contributed by atoms with van der Waals surface area (Å²) in [6.45, 7) is -0.434. The predicted molar refractivity (Wildman–Crippen MR) is 104 cm³/mol. The van der Waals surface area contributed by atoms with Crippen molar-refractivity contribution < 1.29 is 23.1 Å². The highest BCUT2D eigenvalue weighted by Crippen LogP contribution is 2.29. The first-order valence-corrected chi connectivity index (χ1v) is 10.1. The van der Waals surface area contributed by atoms with Crippen molar-refractivity contribution in [1.29, 1.82) is 0 Å². The summed E-state index contributed by atoms with van der Waals surface area (Å²) in [5.41, 5.74) is 3.38. The number of aliphatic carboxylic acids is 1. The lowest BCUT2D eigenvalue weighted by molar-refractivity contribution is -0.137. The van der Waals surface area contributed by atoms with Gasteiger partial charge in [-0.05, 0) is 35.4 Å². The largest absolute Gasteiger partial charge is 0.480 e. The number of carbonyl (C=O) groups is 2. The molecule has 9 nitrogen and oxygen atoms in total. The quantitative estimate of drug-likeness (QED) is 0.470. The fourth-order valence-electron chi connectivity index (χ4n) is 2.77. The number of fused-ring (bicyclic) bond motifs is 1. The number of amides is 1. The fraction of sp³-hybridized carbons (Fsp3) is 0.167. The number of hydrogen-bond acceptors (Lipinski definition) is 5. The molecule has 0 unspecified atom stereocenters. The van der Waals surface area contributed by atoms with Gasteiger partial charge in [-0.2, -0.15) is 0 Å². The van der Waals surface area contributed by atoms with Gasteiger partial charge in [-0.15, -0.1) is 0 Å². The Morgan fingerprint density at radius 1 is 1.18 bits per heavy atom. The van der Waals surface area contributed by atoms with Crippen LogP contribution in [-0.2, 0) is 26.0 Å². The molecule has 0 radical (unpaired) electrons. The lowest BCUT2D eigenvalue weighted by Crippen LogP contribution is -2.30. The second-order valence-corrected chi connectivity index (χ2v) is 7.96. The monoisotopic (exact) mass is 402 g/mol. The Labute approximate surface area is 160 Å². The smallest absolute Gasteiger partial charge is 0.322 e. The number of sulfonamides is 1. The van der Waals surface area contributed by atoms with Crippen LogP contribution in [0.5, 0.6) is 0 Å². The Hall–Kier alpha value is -3.40. The van der Waals surface area contributed by atoms with Crippen LogP contribution in [0.4, 0.5) is 5.69 Å². The molecule has 3 aromatic rings. The number of carbonyl (C=O) groups excluding carboxylic acids is 1. The topological polar surface area (TPSA) is 141 Å². The molecular formula is C18H18N4O5S. The van der Waals surface area contributed by atoms with Crippen molar-refractivity contribution in [3.05, 3.63) is 48.3 Å². The van der Waals surface area contributed by atoms with E-state index in [1.54, 1.807) is 36.5 Å². The van der Waals surface area contributed by atoms with Gasteiger partial charge >= 0.3 is 5.97 Å².